The molecule has 2 rings (SSSR count). The van der Waals surface area contributed by atoms with Gasteiger partial charge in [-0.2, -0.15) is 5.10 Å². The molecule has 0 spiro atoms. The van der Waals surface area contributed by atoms with Gasteiger partial charge in [-0.1, -0.05) is 12.1 Å². The van der Waals surface area contributed by atoms with Crippen LogP contribution in [0.15, 0.2) is 47.6 Å². The van der Waals surface area contributed by atoms with Crippen molar-refractivity contribution in [2.75, 3.05) is 0 Å². The second-order valence-corrected chi connectivity index (χ2v) is 5.17. The molecule has 1 amide bonds. The predicted octanol–water partition coefficient (Wildman–Crippen LogP) is 2.47. The number of amides is 1. The van der Waals surface area contributed by atoms with Crippen molar-refractivity contribution >= 4 is 34.7 Å². The Morgan fingerprint density at radius 2 is 1.90 bits per heavy atom. The number of aromatic hydroxyl groups is 2. The van der Waals surface area contributed by atoms with Gasteiger partial charge in [-0.25, -0.2) is 5.43 Å². The first-order chi connectivity index (χ1) is 9.58. The quantitative estimate of drug-likeness (QED) is 0.434. The van der Waals surface area contributed by atoms with Crippen molar-refractivity contribution in [1.29, 1.82) is 0 Å². The number of phenolic OH excluding ortho intramolecular Hbond substituents is 2. The van der Waals surface area contributed by atoms with Crippen LogP contribution in [-0.2, 0) is 0 Å². The predicted molar refractivity (Wildman–Crippen MR) is 84.0 cm³/mol. The average molecular weight is 382 g/mol. The van der Waals surface area contributed by atoms with Crippen LogP contribution >= 0.6 is 22.6 Å². The van der Waals surface area contributed by atoms with Gasteiger partial charge < -0.3 is 10.2 Å². The molecule has 0 aromatic heterocycles. The lowest BCUT2D eigenvalue weighted by Crippen LogP contribution is -2.17. The summed E-state index contributed by atoms with van der Waals surface area (Å²) in [6.07, 6.45) is 1.34. The number of hydrazone groups is 1. The van der Waals surface area contributed by atoms with Crippen LogP contribution in [-0.4, -0.2) is 22.3 Å². The minimum atomic E-state index is -0.524. The molecule has 0 aliphatic carbocycles. The largest absolute Gasteiger partial charge is 0.507 e. The molecular formula is C14H11IN2O3. The van der Waals surface area contributed by atoms with Gasteiger partial charge in [-0.3, -0.25) is 4.79 Å². The molecule has 0 saturated carbocycles. The van der Waals surface area contributed by atoms with Gasteiger partial charge in [-0.05, 0) is 52.9 Å². The highest BCUT2D eigenvalue weighted by atomic mass is 127. The Morgan fingerprint density at radius 1 is 1.15 bits per heavy atom. The number of halogens is 1. The number of carbonyl (C=O) groups is 1. The summed E-state index contributed by atoms with van der Waals surface area (Å²) in [6.45, 7) is 0. The second-order valence-electron chi connectivity index (χ2n) is 3.92. The van der Waals surface area contributed by atoms with Crippen LogP contribution in [0.2, 0.25) is 0 Å². The lowest BCUT2D eigenvalue weighted by molar-refractivity contribution is 0.0952. The van der Waals surface area contributed by atoms with Crippen LogP contribution in [0.4, 0.5) is 0 Å². The van der Waals surface area contributed by atoms with E-state index in [-0.39, 0.29) is 17.1 Å². The molecule has 102 valence electrons. The molecule has 6 heteroatoms. The zero-order valence-electron chi connectivity index (χ0n) is 10.2. The number of benzene rings is 2. The van der Waals surface area contributed by atoms with E-state index in [1.165, 1.54) is 18.3 Å². The molecule has 5 nitrogen and oxygen atoms in total. The van der Waals surface area contributed by atoms with E-state index in [1.807, 2.05) is 0 Å². The van der Waals surface area contributed by atoms with Gasteiger partial charge in [0.15, 0.2) is 0 Å². The summed E-state index contributed by atoms with van der Waals surface area (Å²) in [5.41, 5.74) is 2.92. The first-order valence-corrected chi connectivity index (χ1v) is 6.75. The van der Waals surface area contributed by atoms with E-state index in [1.54, 1.807) is 30.3 Å². The van der Waals surface area contributed by atoms with Gasteiger partial charge in [-0.15, -0.1) is 0 Å². The highest BCUT2D eigenvalue weighted by Gasteiger charge is 2.08. The lowest BCUT2D eigenvalue weighted by atomic mass is 10.2. The maximum atomic E-state index is 11.8. The van der Waals surface area contributed by atoms with Crippen LogP contribution in [0.5, 0.6) is 11.5 Å². The summed E-state index contributed by atoms with van der Waals surface area (Å²) in [7, 11) is 0. The maximum Gasteiger partial charge on any atom is 0.275 e. The summed E-state index contributed by atoms with van der Waals surface area (Å²) in [5, 5.41) is 22.9. The summed E-state index contributed by atoms with van der Waals surface area (Å²) in [6, 6.07) is 11.2. The van der Waals surface area contributed by atoms with E-state index >= 15 is 0 Å². The minimum absolute atomic E-state index is 0.0750. The third kappa shape index (κ3) is 3.47. The van der Waals surface area contributed by atoms with Crippen LogP contribution in [0.1, 0.15) is 15.9 Å². The van der Waals surface area contributed by atoms with Crippen molar-refractivity contribution in [3.05, 3.63) is 57.2 Å². The molecule has 0 aliphatic rings. The van der Waals surface area contributed by atoms with Gasteiger partial charge in [0.1, 0.15) is 11.5 Å². The monoisotopic (exact) mass is 382 g/mol. The minimum Gasteiger partial charge on any atom is -0.507 e. The lowest BCUT2D eigenvalue weighted by Gasteiger charge is -2.02. The molecular weight excluding hydrogens is 371 g/mol. The van der Waals surface area contributed by atoms with Crippen LogP contribution in [0.25, 0.3) is 0 Å². The number of hydrogen-bond donors (Lipinski definition) is 3. The Morgan fingerprint density at radius 3 is 2.65 bits per heavy atom. The molecule has 3 N–H and O–H groups in total. The van der Waals surface area contributed by atoms with Crippen molar-refractivity contribution in [3.8, 4) is 11.5 Å². The summed E-state index contributed by atoms with van der Waals surface area (Å²) in [5.74, 6) is -0.562. The molecule has 2 aromatic rings. The maximum absolute atomic E-state index is 11.8. The van der Waals surface area contributed by atoms with Gasteiger partial charge in [0.05, 0.1) is 11.8 Å². The zero-order valence-corrected chi connectivity index (χ0v) is 12.4. The van der Waals surface area contributed by atoms with Gasteiger partial charge in [0.2, 0.25) is 0 Å². The molecule has 0 atom stereocenters. The molecule has 0 radical (unpaired) electrons. The average Bonchev–Trinajstić information content (AvgIpc) is 2.43. The van der Waals surface area contributed by atoms with E-state index < -0.39 is 5.91 Å². The molecule has 0 fully saturated rings. The number of hydrogen-bond acceptors (Lipinski definition) is 4. The molecule has 0 bridgehead atoms. The highest BCUT2D eigenvalue weighted by Crippen LogP contribution is 2.18. The number of para-hydroxylation sites is 1. The summed E-state index contributed by atoms with van der Waals surface area (Å²) < 4.78 is 0.939. The summed E-state index contributed by atoms with van der Waals surface area (Å²) >= 11 is 2.11. The fourth-order valence-electron chi connectivity index (χ4n) is 1.52. The van der Waals surface area contributed by atoms with Gasteiger partial charge in [0, 0.05) is 9.13 Å². The Balaban J connectivity index is 2.09. The van der Waals surface area contributed by atoms with Crippen molar-refractivity contribution in [2.45, 2.75) is 0 Å². The van der Waals surface area contributed by atoms with Crippen molar-refractivity contribution in [1.82, 2.24) is 5.43 Å². The standard InChI is InChI=1S/C14H11IN2O3/c15-10-5-6-12(18)9(7-10)8-16-17-14(20)11-3-1-2-4-13(11)19/h1-8,18-19H,(H,17,20)/b16-8-. The Kier molecular flexibility index (Phi) is 4.57. The number of nitrogens with zero attached hydrogens (tertiary/aromatic N) is 1. The summed E-state index contributed by atoms with van der Waals surface area (Å²) in [4.78, 5) is 11.8. The van der Waals surface area contributed by atoms with E-state index in [9.17, 15) is 15.0 Å². The molecule has 2 aromatic carbocycles. The second kappa shape index (κ2) is 6.38. The third-order valence-corrected chi connectivity index (χ3v) is 3.18. The number of phenols is 2. The SMILES string of the molecule is O=C(N/N=C\c1cc(I)ccc1O)c1ccccc1O. The Labute approximate surface area is 129 Å². The smallest absolute Gasteiger partial charge is 0.275 e. The molecule has 0 saturated heterocycles. The first kappa shape index (κ1) is 14.3. The molecule has 0 aliphatic heterocycles. The third-order valence-electron chi connectivity index (χ3n) is 2.51. The van der Waals surface area contributed by atoms with Gasteiger partial charge in [0.25, 0.3) is 5.91 Å². The van der Waals surface area contributed by atoms with Crippen LogP contribution in [0.3, 0.4) is 0 Å². The normalized spacial score (nSPS) is 10.7. The van der Waals surface area contributed by atoms with Crippen molar-refractivity contribution < 1.29 is 15.0 Å². The van der Waals surface area contributed by atoms with Crippen LogP contribution < -0.4 is 5.43 Å². The zero-order chi connectivity index (χ0) is 14.5. The van der Waals surface area contributed by atoms with Crippen molar-refractivity contribution in [2.24, 2.45) is 5.10 Å². The first-order valence-electron chi connectivity index (χ1n) is 5.68. The Hall–Kier alpha value is -2.09. The topological polar surface area (TPSA) is 81.9 Å². The molecule has 20 heavy (non-hydrogen) atoms. The van der Waals surface area contributed by atoms with E-state index in [4.69, 9.17) is 0 Å². The van der Waals surface area contributed by atoms with Gasteiger partial charge >= 0.3 is 0 Å². The number of rotatable bonds is 3. The number of nitrogens with one attached hydrogen (secondary N) is 1. The van der Waals surface area contributed by atoms with Crippen LogP contribution in [0, 0.1) is 3.57 Å². The molecule has 0 unspecified atom stereocenters. The Bertz CT molecular complexity index is 671. The van der Waals surface area contributed by atoms with E-state index in [0.717, 1.165) is 3.57 Å². The number of carbonyl (C=O) groups excluding carboxylic acids is 1. The fraction of sp³-hybridized carbons (Fsp3) is 0. The van der Waals surface area contributed by atoms with Crippen molar-refractivity contribution in [3.63, 3.8) is 0 Å². The highest BCUT2D eigenvalue weighted by molar-refractivity contribution is 14.1. The van der Waals surface area contributed by atoms with E-state index in [0.29, 0.717) is 5.56 Å². The van der Waals surface area contributed by atoms with E-state index in [2.05, 4.69) is 33.1 Å². The fourth-order valence-corrected chi connectivity index (χ4v) is 2.03. The molecule has 0 heterocycles.